The molecule has 0 aliphatic rings. The van der Waals surface area contributed by atoms with E-state index in [4.69, 9.17) is 10.5 Å². The number of carbonyl (C=O) groups excluding carboxylic acids is 2. The second kappa shape index (κ2) is 8.88. The molecule has 106 valence electrons. The highest BCUT2D eigenvalue weighted by molar-refractivity contribution is 5.85. The van der Waals surface area contributed by atoms with Crippen molar-refractivity contribution in [3.63, 3.8) is 0 Å². The molecule has 0 aliphatic carbocycles. The molecule has 0 rings (SSSR count). The first kappa shape index (κ1) is 16.9. The predicted octanol–water partition coefficient (Wildman–Crippen LogP) is -0.419. The van der Waals surface area contributed by atoms with E-state index < -0.39 is 0 Å². The number of nitrogens with two attached hydrogens (primary N) is 1. The summed E-state index contributed by atoms with van der Waals surface area (Å²) in [7, 11) is 3.22. The number of methoxy groups -OCH3 is 1. The Morgan fingerprint density at radius 1 is 1.39 bits per heavy atom. The van der Waals surface area contributed by atoms with Crippen LogP contribution in [0.4, 0.5) is 0 Å². The Morgan fingerprint density at radius 3 is 2.50 bits per heavy atom. The summed E-state index contributed by atoms with van der Waals surface area (Å²) in [5, 5.41) is 2.73. The van der Waals surface area contributed by atoms with Gasteiger partial charge in [-0.15, -0.1) is 0 Å². The predicted molar refractivity (Wildman–Crippen MR) is 70.0 cm³/mol. The summed E-state index contributed by atoms with van der Waals surface area (Å²) in [5.41, 5.74) is 5.66. The summed E-state index contributed by atoms with van der Waals surface area (Å²) in [6, 6.07) is -0.218. The zero-order valence-electron chi connectivity index (χ0n) is 11.7. The van der Waals surface area contributed by atoms with Crippen molar-refractivity contribution >= 4 is 11.8 Å². The smallest absolute Gasteiger partial charge is 0.239 e. The van der Waals surface area contributed by atoms with Crippen molar-refractivity contribution in [1.82, 2.24) is 10.2 Å². The van der Waals surface area contributed by atoms with Gasteiger partial charge in [0, 0.05) is 33.4 Å². The highest BCUT2D eigenvalue weighted by atomic mass is 16.5. The van der Waals surface area contributed by atoms with Crippen molar-refractivity contribution in [1.29, 1.82) is 0 Å². The van der Waals surface area contributed by atoms with Crippen LogP contribution in [0.25, 0.3) is 0 Å². The van der Waals surface area contributed by atoms with Gasteiger partial charge in [0.15, 0.2) is 0 Å². The van der Waals surface area contributed by atoms with E-state index in [9.17, 15) is 9.59 Å². The van der Waals surface area contributed by atoms with Gasteiger partial charge in [0.25, 0.3) is 0 Å². The van der Waals surface area contributed by atoms with Gasteiger partial charge in [-0.05, 0) is 13.3 Å². The fourth-order valence-electron chi connectivity index (χ4n) is 1.37. The summed E-state index contributed by atoms with van der Waals surface area (Å²) < 4.78 is 4.87. The van der Waals surface area contributed by atoms with Crippen molar-refractivity contribution in [3.8, 4) is 0 Å². The van der Waals surface area contributed by atoms with Crippen LogP contribution in [-0.4, -0.2) is 56.6 Å². The highest BCUT2D eigenvalue weighted by Gasteiger charge is 2.22. The monoisotopic (exact) mass is 259 g/mol. The second-order valence-corrected chi connectivity index (χ2v) is 4.54. The molecule has 3 N–H and O–H groups in total. The van der Waals surface area contributed by atoms with Gasteiger partial charge in [0.1, 0.15) is 0 Å². The Kier molecular flexibility index (Phi) is 8.32. The zero-order chi connectivity index (χ0) is 14.1. The summed E-state index contributed by atoms with van der Waals surface area (Å²) in [5.74, 6) is -0.563. The minimum Gasteiger partial charge on any atom is -0.385 e. The Hall–Kier alpha value is -1.14. The first-order chi connectivity index (χ1) is 8.40. The third kappa shape index (κ3) is 6.56. The molecule has 2 unspecified atom stereocenters. The van der Waals surface area contributed by atoms with Gasteiger partial charge in [0.05, 0.1) is 12.5 Å². The molecule has 0 bridgehead atoms. The number of hydrogen-bond donors (Lipinski definition) is 2. The molecule has 0 spiro atoms. The largest absolute Gasteiger partial charge is 0.385 e. The number of amides is 2. The van der Waals surface area contributed by atoms with E-state index in [1.54, 1.807) is 28.0 Å². The molecule has 2 atom stereocenters. The number of nitrogens with zero attached hydrogens (tertiary/aromatic N) is 1. The maximum Gasteiger partial charge on any atom is 0.239 e. The standard InChI is InChI=1S/C12H25N3O3/c1-9(10(2)13)12(17)15(3)8-11(16)14-6-5-7-18-4/h9-10H,5-8,13H2,1-4H3,(H,14,16). The van der Waals surface area contributed by atoms with Crippen molar-refractivity contribution in [3.05, 3.63) is 0 Å². The Balaban J connectivity index is 3.96. The first-order valence-electron chi connectivity index (χ1n) is 6.16. The minimum absolute atomic E-state index is 0.0584. The number of nitrogens with one attached hydrogen (secondary N) is 1. The summed E-state index contributed by atoms with van der Waals surface area (Å²) >= 11 is 0. The van der Waals surface area contributed by atoms with Crippen LogP contribution in [0.15, 0.2) is 0 Å². The van der Waals surface area contributed by atoms with E-state index >= 15 is 0 Å². The quantitative estimate of drug-likeness (QED) is 0.580. The summed E-state index contributed by atoms with van der Waals surface area (Å²) in [4.78, 5) is 24.8. The molecule has 0 radical (unpaired) electrons. The van der Waals surface area contributed by atoms with Crippen LogP contribution in [0.5, 0.6) is 0 Å². The molecular weight excluding hydrogens is 234 g/mol. The fraction of sp³-hybridized carbons (Fsp3) is 0.833. The van der Waals surface area contributed by atoms with Crippen molar-refractivity contribution < 1.29 is 14.3 Å². The molecule has 0 saturated carbocycles. The molecule has 6 nitrogen and oxygen atoms in total. The van der Waals surface area contributed by atoms with Crippen LogP contribution in [0.3, 0.4) is 0 Å². The van der Waals surface area contributed by atoms with E-state index in [0.717, 1.165) is 6.42 Å². The van der Waals surface area contributed by atoms with Gasteiger partial charge in [-0.2, -0.15) is 0 Å². The molecule has 0 aromatic carbocycles. The molecule has 0 aliphatic heterocycles. The average molecular weight is 259 g/mol. The second-order valence-electron chi connectivity index (χ2n) is 4.54. The normalized spacial score (nSPS) is 13.8. The minimum atomic E-state index is -0.281. The third-order valence-corrected chi connectivity index (χ3v) is 2.78. The molecule has 0 aromatic heterocycles. The van der Waals surface area contributed by atoms with Gasteiger partial charge in [-0.25, -0.2) is 0 Å². The maximum absolute atomic E-state index is 11.8. The van der Waals surface area contributed by atoms with E-state index in [1.807, 2.05) is 0 Å². The Bertz CT molecular complexity index is 269. The van der Waals surface area contributed by atoms with E-state index in [0.29, 0.717) is 13.2 Å². The lowest BCUT2D eigenvalue weighted by atomic mass is 10.0. The van der Waals surface area contributed by atoms with Gasteiger partial charge in [-0.3, -0.25) is 9.59 Å². The number of hydrogen-bond acceptors (Lipinski definition) is 4. The SMILES string of the molecule is COCCCNC(=O)CN(C)C(=O)C(C)C(C)N. The lowest BCUT2D eigenvalue weighted by Crippen LogP contribution is -2.44. The molecule has 2 amide bonds. The van der Waals surface area contributed by atoms with Crippen molar-refractivity contribution in [2.75, 3.05) is 33.9 Å². The van der Waals surface area contributed by atoms with Gasteiger partial charge >= 0.3 is 0 Å². The Labute approximate surface area is 109 Å². The molecule has 0 aromatic rings. The highest BCUT2D eigenvalue weighted by Crippen LogP contribution is 2.04. The molecule has 0 fully saturated rings. The van der Waals surface area contributed by atoms with Crippen LogP contribution >= 0.6 is 0 Å². The summed E-state index contributed by atoms with van der Waals surface area (Å²) in [6.07, 6.45) is 0.760. The molecular formula is C12H25N3O3. The summed E-state index contributed by atoms with van der Waals surface area (Å²) in [6.45, 7) is 4.76. The van der Waals surface area contributed by atoms with Crippen LogP contribution in [-0.2, 0) is 14.3 Å². The lowest BCUT2D eigenvalue weighted by Gasteiger charge is -2.22. The Morgan fingerprint density at radius 2 is 2.00 bits per heavy atom. The number of carbonyl (C=O) groups is 2. The average Bonchev–Trinajstić information content (AvgIpc) is 2.32. The van der Waals surface area contributed by atoms with Crippen LogP contribution < -0.4 is 11.1 Å². The molecule has 0 saturated heterocycles. The van der Waals surface area contributed by atoms with Gasteiger partial charge < -0.3 is 20.7 Å². The van der Waals surface area contributed by atoms with E-state index in [2.05, 4.69) is 5.32 Å². The van der Waals surface area contributed by atoms with Gasteiger partial charge in [-0.1, -0.05) is 6.92 Å². The topological polar surface area (TPSA) is 84.7 Å². The maximum atomic E-state index is 11.8. The van der Waals surface area contributed by atoms with Crippen LogP contribution in [0, 0.1) is 5.92 Å². The van der Waals surface area contributed by atoms with Crippen LogP contribution in [0.2, 0.25) is 0 Å². The molecule has 0 heterocycles. The zero-order valence-corrected chi connectivity index (χ0v) is 11.7. The van der Waals surface area contributed by atoms with Crippen LogP contribution in [0.1, 0.15) is 20.3 Å². The third-order valence-electron chi connectivity index (χ3n) is 2.78. The molecule has 6 heteroatoms. The van der Waals surface area contributed by atoms with Gasteiger partial charge in [0.2, 0.25) is 11.8 Å². The molecule has 18 heavy (non-hydrogen) atoms. The lowest BCUT2D eigenvalue weighted by molar-refractivity contribution is -0.138. The van der Waals surface area contributed by atoms with Crippen molar-refractivity contribution in [2.45, 2.75) is 26.3 Å². The number of rotatable bonds is 8. The van der Waals surface area contributed by atoms with E-state index in [1.165, 1.54) is 4.90 Å². The van der Waals surface area contributed by atoms with E-state index in [-0.39, 0.29) is 30.3 Å². The number of likely N-dealkylation sites (N-methyl/N-ethyl adjacent to an activating group) is 1. The van der Waals surface area contributed by atoms with Crippen molar-refractivity contribution in [2.24, 2.45) is 11.7 Å². The fourth-order valence-corrected chi connectivity index (χ4v) is 1.37. The first-order valence-corrected chi connectivity index (χ1v) is 6.16. The number of ether oxygens (including phenoxy) is 1.